The summed E-state index contributed by atoms with van der Waals surface area (Å²) in [6, 6.07) is 6.80. The number of carbonyl (C=O) groups is 2. The van der Waals surface area contributed by atoms with Crippen molar-refractivity contribution in [3.8, 4) is 0 Å². The van der Waals surface area contributed by atoms with Crippen LogP contribution in [-0.4, -0.2) is 22.8 Å². The number of ether oxygens (including phenoxy) is 2. The lowest BCUT2D eigenvalue weighted by molar-refractivity contribution is -0.222. The zero-order valence-electron chi connectivity index (χ0n) is 10.7. The van der Waals surface area contributed by atoms with Crippen molar-refractivity contribution < 1.29 is 24.2 Å². The highest BCUT2D eigenvalue weighted by atomic mass is 16.7. The van der Waals surface area contributed by atoms with E-state index in [0.29, 0.717) is 5.56 Å². The molecule has 1 aliphatic rings. The van der Waals surface area contributed by atoms with Gasteiger partial charge < -0.3 is 14.6 Å². The quantitative estimate of drug-likeness (QED) is 0.495. The summed E-state index contributed by atoms with van der Waals surface area (Å²) in [5.41, 5.74) is 1.26. The van der Waals surface area contributed by atoms with E-state index in [2.05, 4.69) is 0 Å². The van der Waals surface area contributed by atoms with E-state index in [4.69, 9.17) is 14.6 Å². The van der Waals surface area contributed by atoms with Crippen molar-refractivity contribution in [2.75, 3.05) is 0 Å². The predicted molar refractivity (Wildman–Crippen MR) is 66.6 cm³/mol. The van der Waals surface area contributed by atoms with Crippen molar-refractivity contribution in [3.63, 3.8) is 0 Å². The fraction of sp³-hybridized carbons (Fsp3) is 0.286. The second kappa shape index (κ2) is 4.85. The third kappa shape index (κ3) is 3.00. The van der Waals surface area contributed by atoms with E-state index in [1.165, 1.54) is 19.9 Å². The fourth-order valence-corrected chi connectivity index (χ4v) is 1.66. The van der Waals surface area contributed by atoms with Crippen LogP contribution in [0.5, 0.6) is 0 Å². The molecule has 0 unspecified atom stereocenters. The zero-order chi connectivity index (χ0) is 14.0. The average molecular weight is 262 g/mol. The average Bonchev–Trinajstić information content (AvgIpc) is 2.33. The summed E-state index contributed by atoms with van der Waals surface area (Å²) in [7, 11) is 0. The molecule has 5 heteroatoms. The maximum atomic E-state index is 11.7. The predicted octanol–water partition coefficient (Wildman–Crippen LogP) is 1.40. The van der Waals surface area contributed by atoms with Gasteiger partial charge in [-0.15, -0.1) is 0 Å². The Labute approximate surface area is 110 Å². The van der Waals surface area contributed by atoms with Crippen LogP contribution in [0.2, 0.25) is 0 Å². The van der Waals surface area contributed by atoms with E-state index in [0.717, 1.165) is 5.56 Å². The van der Waals surface area contributed by atoms with Gasteiger partial charge in [-0.25, -0.2) is 9.59 Å². The summed E-state index contributed by atoms with van der Waals surface area (Å²) in [6.07, 6.45) is 1.40. The first-order valence-electron chi connectivity index (χ1n) is 5.79. The Morgan fingerprint density at radius 3 is 2.11 bits per heavy atom. The molecule has 1 aromatic carbocycles. The van der Waals surface area contributed by atoms with Gasteiger partial charge in [-0.1, -0.05) is 24.3 Å². The van der Waals surface area contributed by atoms with Crippen molar-refractivity contribution >= 4 is 18.0 Å². The molecular formula is C14H14O5. The van der Waals surface area contributed by atoms with Crippen LogP contribution in [0.4, 0.5) is 0 Å². The smallest absolute Gasteiger partial charge is 0.348 e. The molecule has 5 nitrogen and oxygen atoms in total. The lowest BCUT2D eigenvalue weighted by Gasteiger charge is -2.29. The Morgan fingerprint density at radius 1 is 1.11 bits per heavy atom. The third-order valence-electron chi connectivity index (χ3n) is 2.59. The van der Waals surface area contributed by atoms with Gasteiger partial charge >= 0.3 is 11.9 Å². The number of hydrogen-bond donors (Lipinski definition) is 1. The fourth-order valence-electron chi connectivity index (χ4n) is 1.66. The lowest BCUT2D eigenvalue weighted by Crippen LogP contribution is -2.41. The van der Waals surface area contributed by atoms with Crippen molar-refractivity contribution in [2.45, 2.75) is 26.2 Å². The van der Waals surface area contributed by atoms with Crippen LogP contribution in [0.3, 0.4) is 0 Å². The van der Waals surface area contributed by atoms with Gasteiger partial charge in [-0.05, 0) is 17.2 Å². The highest BCUT2D eigenvalue weighted by molar-refractivity contribution is 6.18. The first kappa shape index (κ1) is 13.3. The van der Waals surface area contributed by atoms with Crippen LogP contribution < -0.4 is 0 Å². The summed E-state index contributed by atoms with van der Waals surface area (Å²) in [5.74, 6) is -2.63. The number of aliphatic hydroxyl groups excluding tert-OH is 1. The minimum Gasteiger partial charge on any atom is -0.419 e. The van der Waals surface area contributed by atoms with Crippen molar-refractivity contribution in [3.05, 3.63) is 41.0 Å². The Kier molecular flexibility index (Phi) is 3.40. The molecule has 0 bridgehead atoms. The highest BCUT2D eigenvalue weighted by Gasteiger charge is 2.38. The SMILES string of the molecule is CC1(C)OC(=O)C(=Cc2ccc(CO)cc2)C(=O)O1. The molecule has 19 heavy (non-hydrogen) atoms. The molecule has 1 aromatic rings. The molecule has 0 aliphatic carbocycles. The summed E-state index contributed by atoms with van der Waals surface area (Å²) in [5, 5.41) is 8.93. The number of carbonyl (C=O) groups excluding carboxylic acids is 2. The molecule has 0 radical (unpaired) electrons. The highest BCUT2D eigenvalue weighted by Crippen LogP contribution is 2.24. The molecule has 1 heterocycles. The summed E-state index contributed by atoms with van der Waals surface area (Å²) in [6.45, 7) is 2.93. The third-order valence-corrected chi connectivity index (χ3v) is 2.59. The maximum Gasteiger partial charge on any atom is 0.348 e. The number of benzene rings is 1. The zero-order valence-corrected chi connectivity index (χ0v) is 10.7. The Morgan fingerprint density at radius 2 is 1.63 bits per heavy atom. The summed E-state index contributed by atoms with van der Waals surface area (Å²) >= 11 is 0. The van der Waals surface area contributed by atoms with Gasteiger partial charge in [0.25, 0.3) is 5.79 Å². The van der Waals surface area contributed by atoms with E-state index in [1.807, 2.05) is 0 Å². The van der Waals surface area contributed by atoms with E-state index < -0.39 is 17.7 Å². The number of rotatable bonds is 2. The second-order valence-corrected chi connectivity index (χ2v) is 4.64. The van der Waals surface area contributed by atoms with E-state index in [1.54, 1.807) is 24.3 Å². The molecule has 0 spiro atoms. The van der Waals surface area contributed by atoms with Crippen molar-refractivity contribution in [1.29, 1.82) is 0 Å². The molecule has 0 atom stereocenters. The molecule has 1 saturated heterocycles. The standard InChI is InChI=1S/C14H14O5/c1-14(2)18-12(16)11(13(17)19-14)7-9-3-5-10(8-15)6-4-9/h3-7,15H,8H2,1-2H3. The second-order valence-electron chi connectivity index (χ2n) is 4.64. The minimum atomic E-state index is -1.23. The number of esters is 2. The summed E-state index contributed by atoms with van der Waals surface area (Å²) < 4.78 is 9.97. The van der Waals surface area contributed by atoms with Gasteiger partial charge in [-0.2, -0.15) is 0 Å². The Hall–Kier alpha value is -2.14. The number of hydrogen-bond acceptors (Lipinski definition) is 5. The topological polar surface area (TPSA) is 72.8 Å². The number of cyclic esters (lactones) is 2. The molecule has 1 N–H and O–H groups in total. The van der Waals surface area contributed by atoms with Crippen LogP contribution in [-0.2, 0) is 25.7 Å². The molecule has 0 amide bonds. The monoisotopic (exact) mass is 262 g/mol. The van der Waals surface area contributed by atoms with Crippen molar-refractivity contribution in [1.82, 2.24) is 0 Å². The van der Waals surface area contributed by atoms with E-state index in [9.17, 15) is 9.59 Å². The van der Waals surface area contributed by atoms with Crippen LogP contribution in [0.1, 0.15) is 25.0 Å². The van der Waals surface area contributed by atoms with Gasteiger partial charge in [0, 0.05) is 13.8 Å². The summed E-state index contributed by atoms with van der Waals surface area (Å²) in [4.78, 5) is 23.4. The molecule has 100 valence electrons. The lowest BCUT2D eigenvalue weighted by atomic mass is 10.1. The molecular weight excluding hydrogens is 248 g/mol. The van der Waals surface area contributed by atoms with Gasteiger partial charge in [0.2, 0.25) is 0 Å². The van der Waals surface area contributed by atoms with Gasteiger partial charge in [-0.3, -0.25) is 0 Å². The van der Waals surface area contributed by atoms with Crippen molar-refractivity contribution in [2.24, 2.45) is 0 Å². The molecule has 1 aliphatic heterocycles. The Bertz CT molecular complexity index is 517. The van der Waals surface area contributed by atoms with E-state index >= 15 is 0 Å². The van der Waals surface area contributed by atoms with Crippen LogP contribution >= 0.6 is 0 Å². The first-order chi connectivity index (χ1) is 8.91. The van der Waals surface area contributed by atoms with Crippen LogP contribution in [0.15, 0.2) is 29.8 Å². The Balaban J connectivity index is 2.27. The van der Waals surface area contributed by atoms with Crippen LogP contribution in [0.25, 0.3) is 6.08 Å². The molecule has 0 saturated carbocycles. The largest absolute Gasteiger partial charge is 0.419 e. The first-order valence-corrected chi connectivity index (χ1v) is 5.79. The van der Waals surface area contributed by atoms with Crippen LogP contribution in [0, 0.1) is 0 Å². The van der Waals surface area contributed by atoms with Gasteiger partial charge in [0.05, 0.1) is 6.61 Å². The maximum absolute atomic E-state index is 11.7. The van der Waals surface area contributed by atoms with Gasteiger partial charge in [0.15, 0.2) is 0 Å². The molecule has 2 rings (SSSR count). The van der Waals surface area contributed by atoms with Gasteiger partial charge in [0.1, 0.15) is 5.57 Å². The molecule has 0 aromatic heterocycles. The molecule has 1 fully saturated rings. The van der Waals surface area contributed by atoms with E-state index in [-0.39, 0.29) is 12.2 Å². The normalized spacial score (nSPS) is 17.7. The minimum absolute atomic E-state index is 0.0604. The number of aliphatic hydroxyl groups is 1.